The molecule has 0 spiro atoms. The Bertz CT molecular complexity index is 784. The molecule has 0 radical (unpaired) electrons. The number of benzene rings is 1. The molecule has 0 unspecified atom stereocenters. The number of hydrazine groups is 1. The molecule has 2 rings (SSSR count). The monoisotopic (exact) mass is 311 g/mol. The number of rotatable bonds is 4. The lowest BCUT2D eigenvalue weighted by Gasteiger charge is -2.10. The summed E-state index contributed by atoms with van der Waals surface area (Å²) in [5.74, 6) is -1.12. The molecule has 8 heteroatoms. The van der Waals surface area contributed by atoms with Crippen LogP contribution in [0.5, 0.6) is 0 Å². The SMILES string of the molecule is Cc1cc(F)ccc1S(=O)(=O)NNC(=O)c1cccn1C. The molecule has 6 nitrogen and oxygen atoms in total. The number of carbonyl (C=O) groups is 1. The maximum absolute atomic E-state index is 13.0. The summed E-state index contributed by atoms with van der Waals surface area (Å²) >= 11 is 0. The summed E-state index contributed by atoms with van der Waals surface area (Å²) in [6.45, 7) is 1.47. The number of sulfonamides is 1. The van der Waals surface area contributed by atoms with Crippen LogP contribution in [0.1, 0.15) is 16.1 Å². The lowest BCUT2D eigenvalue weighted by Crippen LogP contribution is -2.42. The van der Waals surface area contributed by atoms with Gasteiger partial charge in [-0.1, -0.05) is 0 Å². The van der Waals surface area contributed by atoms with Crippen LogP contribution >= 0.6 is 0 Å². The minimum Gasteiger partial charge on any atom is -0.347 e. The zero-order valence-electron chi connectivity index (χ0n) is 11.4. The van der Waals surface area contributed by atoms with Crippen LogP contribution in [0.4, 0.5) is 4.39 Å². The fourth-order valence-electron chi connectivity index (χ4n) is 1.84. The maximum atomic E-state index is 13.0. The first-order valence-corrected chi connectivity index (χ1v) is 7.49. The molecule has 1 aromatic heterocycles. The molecule has 112 valence electrons. The number of nitrogens with one attached hydrogen (secondary N) is 2. The van der Waals surface area contributed by atoms with E-state index < -0.39 is 21.7 Å². The Morgan fingerprint density at radius 1 is 1.29 bits per heavy atom. The normalized spacial score (nSPS) is 11.4. The molecular formula is C13H14FN3O3S. The predicted molar refractivity (Wildman–Crippen MR) is 74.3 cm³/mol. The molecule has 0 atom stereocenters. The molecule has 0 aliphatic heterocycles. The predicted octanol–water partition coefficient (Wildman–Crippen LogP) is 1.10. The fraction of sp³-hybridized carbons (Fsp3) is 0.154. The first-order valence-electron chi connectivity index (χ1n) is 6.01. The van der Waals surface area contributed by atoms with E-state index in [2.05, 4.69) is 5.43 Å². The Morgan fingerprint density at radius 2 is 2.00 bits per heavy atom. The van der Waals surface area contributed by atoms with Crippen molar-refractivity contribution >= 4 is 15.9 Å². The molecule has 0 bridgehead atoms. The van der Waals surface area contributed by atoms with Crippen molar-refractivity contribution in [1.29, 1.82) is 0 Å². The summed E-state index contributed by atoms with van der Waals surface area (Å²) in [5, 5.41) is 0. The quantitative estimate of drug-likeness (QED) is 0.830. The summed E-state index contributed by atoms with van der Waals surface area (Å²) in [6.07, 6.45) is 1.66. The Balaban J connectivity index is 2.15. The van der Waals surface area contributed by atoms with Crippen molar-refractivity contribution in [2.75, 3.05) is 0 Å². The molecule has 0 saturated heterocycles. The standard InChI is InChI=1S/C13H14FN3O3S/c1-9-8-10(14)5-6-12(9)21(19,20)16-15-13(18)11-4-3-7-17(11)2/h3-8,16H,1-2H3,(H,15,18). The average Bonchev–Trinajstić information content (AvgIpc) is 2.82. The average molecular weight is 311 g/mol. The second-order valence-corrected chi connectivity index (χ2v) is 6.12. The van der Waals surface area contributed by atoms with Crippen molar-refractivity contribution < 1.29 is 17.6 Å². The van der Waals surface area contributed by atoms with Gasteiger partial charge in [0.05, 0.1) is 4.90 Å². The van der Waals surface area contributed by atoms with Crippen molar-refractivity contribution in [3.8, 4) is 0 Å². The van der Waals surface area contributed by atoms with Crippen molar-refractivity contribution in [3.63, 3.8) is 0 Å². The van der Waals surface area contributed by atoms with E-state index in [-0.39, 0.29) is 10.5 Å². The number of nitrogens with zero attached hydrogens (tertiary/aromatic N) is 1. The van der Waals surface area contributed by atoms with Gasteiger partial charge in [-0.2, -0.15) is 0 Å². The van der Waals surface area contributed by atoms with Crippen LogP contribution in [0.2, 0.25) is 0 Å². The van der Waals surface area contributed by atoms with Crippen LogP contribution in [-0.2, 0) is 17.1 Å². The third kappa shape index (κ3) is 3.29. The zero-order valence-corrected chi connectivity index (χ0v) is 12.2. The minimum absolute atomic E-state index is 0.101. The molecule has 0 saturated carbocycles. The van der Waals surface area contributed by atoms with Crippen molar-refractivity contribution in [2.45, 2.75) is 11.8 Å². The molecule has 21 heavy (non-hydrogen) atoms. The number of carbonyl (C=O) groups excluding carboxylic acids is 1. The van der Waals surface area contributed by atoms with Crippen molar-refractivity contribution in [3.05, 3.63) is 53.6 Å². The van der Waals surface area contributed by atoms with Gasteiger partial charge in [0.1, 0.15) is 11.5 Å². The topological polar surface area (TPSA) is 80.2 Å². The van der Waals surface area contributed by atoms with E-state index in [1.807, 2.05) is 4.83 Å². The second-order valence-electron chi connectivity index (χ2n) is 4.47. The van der Waals surface area contributed by atoms with Gasteiger partial charge in [-0.25, -0.2) is 12.8 Å². The van der Waals surface area contributed by atoms with Crippen LogP contribution in [0.15, 0.2) is 41.4 Å². The molecule has 0 fully saturated rings. The highest BCUT2D eigenvalue weighted by Crippen LogP contribution is 2.15. The smallest absolute Gasteiger partial charge is 0.282 e. The molecular weight excluding hydrogens is 297 g/mol. The van der Waals surface area contributed by atoms with Gasteiger partial charge in [-0.15, -0.1) is 4.83 Å². The summed E-state index contributed by atoms with van der Waals surface area (Å²) in [7, 11) is -2.30. The fourth-order valence-corrected chi connectivity index (χ4v) is 2.91. The number of aromatic nitrogens is 1. The molecule has 2 aromatic rings. The van der Waals surface area contributed by atoms with Crippen LogP contribution < -0.4 is 10.3 Å². The van der Waals surface area contributed by atoms with Gasteiger partial charge in [-0.3, -0.25) is 10.2 Å². The summed E-state index contributed by atoms with van der Waals surface area (Å²) in [4.78, 5) is 13.7. The highest BCUT2D eigenvalue weighted by molar-refractivity contribution is 7.89. The van der Waals surface area contributed by atoms with E-state index >= 15 is 0 Å². The van der Waals surface area contributed by atoms with E-state index in [4.69, 9.17) is 0 Å². The Morgan fingerprint density at radius 3 is 2.57 bits per heavy atom. The van der Waals surface area contributed by atoms with E-state index in [1.165, 1.54) is 6.92 Å². The van der Waals surface area contributed by atoms with Gasteiger partial charge in [0.15, 0.2) is 0 Å². The number of hydrogen-bond acceptors (Lipinski definition) is 3. The third-order valence-corrected chi connectivity index (χ3v) is 4.31. The van der Waals surface area contributed by atoms with Gasteiger partial charge in [0.25, 0.3) is 15.9 Å². The van der Waals surface area contributed by atoms with Gasteiger partial charge in [0, 0.05) is 13.2 Å². The van der Waals surface area contributed by atoms with Crippen LogP contribution in [0.25, 0.3) is 0 Å². The minimum atomic E-state index is -3.96. The molecule has 1 amide bonds. The number of hydrogen-bond donors (Lipinski definition) is 2. The van der Waals surface area contributed by atoms with Gasteiger partial charge in [0.2, 0.25) is 0 Å². The largest absolute Gasteiger partial charge is 0.347 e. The van der Waals surface area contributed by atoms with E-state index in [0.29, 0.717) is 5.69 Å². The molecule has 1 heterocycles. The molecule has 0 aliphatic rings. The Labute approximate surface area is 121 Å². The van der Waals surface area contributed by atoms with Gasteiger partial charge in [-0.05, 0) is 42.8 Å². The molecule has 0 aliphatic carbocycles. The number of aryl methyl sites for hydroxylation is 2. The van der Waals surface area contributed by atoms with E-state index in [9.17, 15) is 17.6 Å². The van der Waals surface area contributed by atoms with Crippen LogP contribution in [-0.4, -0.2) is 18.9 Å². The lowest BCUT2D eigenvalue weighted by molar-refractivity contribution is 0.0937. The summed E-state index contributed by atoms with van der Waals surface area (Å²) in [5.41, 5.74) is 2.66. The van der Waals surface area contributed by atoms with Gasteiger partial charge < -0.3 is 4.57 Å². The van der Waals surface area contributed by atoms with E-state index in [0.717, 1.165) is 18.2 Å². The molecule has 1 aromatic carbocycles. The molecule has 2 N–H and O–H groups in total. The van der Waals surface area contributed by atoms with Gasteiger partial charge >= 0.3 is 0 Å². The second kappa shape index (κ2) is 5.66. The first kappa shape index (κ1) is 15.2. The zero-order chi connectivity index (χ0) is 15.6. The van der Waals surface area contributed by atoms with E-state index in [1.54, 1.807) is 29.9 Å². The van der Waals surface area contributed by atoms with Crippen molar-refractivity contribution in [2.24, 2.45) is 7.05 Å². The highest BCUT2D eigenvalue weighted by Gasteiger charge is 2.19. The van der Waals surface area contributed by atoms with Crippen molar-refractivity contribution in [1.82, 2.24) is 14.8 Å². The first-order chi connectivity index (χ1) is 9.81. The Hall–Kier alpha value is -2.19. The summed E-state index contributed by atoms with van der Waals surface area (Å²) in [6, 6.07) is 6.50. The summed E-state index contributed by atoms with van der Waals surface area (Å²) < 4.78 is 38.7. The maximum Gasteiger partial charge on any atom is 0.282 e. The lowest BCUT2D eigenvalue weighted by atomic mass is 10.2. The number of amides is 1. The Kier molecular flexibility index (Phi) is 4.10. The highest BCUT2D eigenvalue weighted by atomic mass is 32.2. The van der Waals surface area contributed by atoms with Crippen LogP contribution in [0.3, 0.4) is 0 Å². The third-order valence-electron chi connectivity index (χ3n) is 2.90. The van der Waals surface area contributed by atoms with Crippen LogP contribution in [0, 0.1) is 12.7 Å². The number of halogens is 1.